The van der Waals surface area contributed by atoms with Crippen molar-refractivity contribution in [2.75, 3.05) is 0 Å². The Morgan fingerprint density at radius 3 is 2.76 bits per heavy atom. The standard InChI is InChI=1S/C14H15IN2/c15-13-5-3-4-11(8-13)12-9-16-17(10-12)14-6-1-2-7-14/h3-5,8-10,14H,1-2,6-7H2. The fourth-order valence-corrected chi connectivity index (χ4v) is 3.07. The van der Waals surface area contributed by atoms with E-state index in [-0.39, 0.29) is 0 Å². The molecule has 0 radical (unpaired) electrons. The number of benzene rings is 1. The highest BCUT2D eigenvalue weighted by molar-refractivity contribution is 14.1. The molecule has 0 spiro atoms. The summed E-state index contributed by atoms with van der Waals surface area (Å²) in [6, 6.07) is 9.20. The summed E-state index contributed by atoms with van der Waals surface area (Å²) >= 11 is 2.35. The topological polar surface area (TPSA) is 17.8 Å². The number of hydrogen-bond acceptors (Lipinski definition) is 1. The summed E-state index contributed by atoms with van der Waals surface area (Å²) in [5, 5.41) is 4.52. The van der Waals surface area contributed by atoms with Crippen molar-refractivity contribution >= 4 is 22.6 Å². The first kappa shape index (κ1) is 11.3. The van der Waals surface area contributed by atoms with Crippen LogP contribution in [0.4, 0.5) is 0 Å². The number of hydrogen-bond donors (Lipinski definition) is 0. The number of aromatic nitrogens is 2. The molecule has 0 bridgehead atoms. The molecule has 17 heavy (non-hydrogen) atoms. The summed E-state index contributed by atoms with van der Waals surface area (Å²) in [4.78, 5) is 0. The molecule has 1 fully saturated rings. The molecule has 1 aromatic carbocycles. The average molecular weight is 338 g/mol. The van der Waals surface area contributed by atoms with Crippen LogP contribution in [-0.4, -0.2) is 9.78 Å². The Hall–Kier alpha value is -0.840. The quantitative estimate of drug-likeness (QED) is 0.748. The van der Waals surface area contributed by atoms with Crippen LogP contribution in [0.3, 0.4) is 0 Å². The third-order valence-corrected chi connectivity index (χ3v) is 4.13. The van der Waals surface area contributed by atoms with E-state index in [9.17, 15) is 0 Å². The maximum absolute atomic E-state index is 4.52. The molecule has 0 N–H and O–H groups in total. The minimum Gasteiger partial charge on any atom is -0.269 e. The van der Waals surface area contributed by atoms with Gasteiger partial charge in [0.15, 0.2) is 0 Å². The normalized spacial score (nSPS) is 16.5. The van der Waals surface area contributed by atoms with E-state index in [2.05, 4.69) is 62.8 Å². The molecule has 0 aliphatic heterocycles. The summed E-state index contributed by atoms with van der Waals surface area (Å²) in [5.41, 5.74) is 2.50. The second-order valence-electron chi connectivity index (χ2n) is 4.66. The molecule has 2 aromatic rings. The Morgan fingerprint density at radius 2 is 2.00 bits per heavy atom. The van der Waals surface area contributed by atoms with Crippen molar-refractivity contribution in [3.8, 4) is 11.1 Å². The van der Waals surface area contributed by atoms with Crippen LogP contribution >= 0.6 is 22.6 Å². The summed E-state index contributed by atoms with van der Waals surface area (Å²) in [5.74, 6) is 0. The molecule has 3 heteroatoms. The molecular weight excluding hydrogens is 323 g/mol. The summed E-state index contributed by atoms with van der Waals surface area (Å²) in [7, 11) is 0. The van der Waals surface area contributed by atoms with Gasteiger partial charge in [0, 0.05) is 15.3 Å². The minimum atomic E-state index is 0.631. The van der Waals surface area contributed by atoms with Crippen molar-refractivity contribution in [2.24, 2.45) is 0 Å². The molecule has 0 atom stereocenters. The maximum Gasteiger partial charge on any atom is 0.0568 e. The molecule has 0 saturated heterocycles. The van der Waals surface area contributed by atoms with Crippen molar-refractivity contribution in [3.05, 3.63) is 40.2 Å². The first-order valence-electron chi connectivity index (χ1n) is 6.13. The van der Waals surface area contributed by atoms with E-state index in [1.165, 1.54) is 40.4 Å². The molecule has 1 heterocycles. The highest BCUT2D eigenvalue weighted by Gasteiger charge is 2.17. The fourth-order valence-electron chi connectivity index (χ4n) is 2.52. The van der Waals surface area contributed by atoms with E-state index in [4.69, 9.17) is 0 Å². The van der Waals surface area contributed by atoms with Gasteiger partial charge < -0.3 is 0 Å². The summed E-state index contributed by atoms with van der Waals surface area (Å²) < 4.78 is 3.43. The Bertz CT molecular complexity index is 512. The van der Waals surface area contributed by atoms with E-state index in [1.54, 1.807) is 0 Å². The van der Waals surface area contributed by atoms with Gasteiger partial charge in [-0.25, -0.2) is 0 Å². The zero-order valence-electron chi connectivity index (χ0n) is 9.64. The largest absolute Gasteiger partial charge is 0.269 e. The number of halogens is 1. The van der Waals surface area contributed by atoms with E-state index >= 15 is 0 Å². The number of rotatable bonds is 2. The van der Waals surface area contributed by atoms with Crippen molar-refractivity contribution in [1.29, 1.82) is 0 Å². The number of nitrogens with zero attached hydrogens (tertiary/aromatic N) is 2. The van der Waals surface area contributed by atoms with Crippen LogP contribution in [0.1, 0.15) is 31.7 Å². The maximum atomic E-state index is 4.52. The lowest BCUT2D eigenvalue weighted by Gasteiger charge is -2.08. The molecule has 1 aliphatic rings. The van der Waals surface area contributed by atoms with Gasteiger partial charge in [0.2, 0.25) is 0 Å². The Balaban J connectivity index is 1.89. The van der Waals surface area contributed by atoms with Crippen LogP contribution in [0.15, 0.2) is 36.7 Å². The van der Waals surface area contributed by atoms with Crippen molar-refractivity contribution in [1.82, 2.24) is 9.78 Å². The zero-order valence-corrected chi connectivity index (χ0v) is 11.8. The van der Waals surface area contributed by atoms with Crippen LogP contribution < -0.4 is 0 Å². The first-order valence-corrected chi connectivity index (χ1v) is 7.21. The molecule has 2 nitrogen and oxygen atoms in total. The van der Waals surface area contributed by atoms with Crippen molar-refractivity contribution < 1.29 is 0 Å². The van der Waals surface area contributed by atoms with Crippen LogP contribution in [-0.2, 0) is 0 Å². The molecule has 88 valence electrons. The molecule has 1 aliphatic carbocycles. The molecule has 0 unspecified atom stereocenters. The van der Waals surface area contributed by atoms with E-state index in [1.807, 2.05) is 6.20 Å². The van der Waals surface area contributed by atoms with E-state index < -0.39 is 0 Å². The third kappa shape index (κ3) is 2.39. The summed E-state index contributed by atoms with van der Waals surface area (Å²) in [6.45, 7) is 0. The van der Waals surface area contributed by atoms with Gasteiger partial charge in [-0.15, -0.1) is 0 Å². The second-order valence-corrected chi connectivity index (χ2v) is 5.90. The Labute approximate surface area is 115 Å². The molecule has 3 rings (SSSR count). The SMILES string of the molecule is Ic1cccc(-c2cnn(C3CCCC3)c2)c1. The summed E-state index contributed by atoms with van der Waals surface area (Å²) in [6.07, 6.45) is 9.46. The van der Waals surface area contributed by atoms with Gasteiger partial charge in [-0.05, 0) is 53.1 Å². The first-order chi connectivity index (χ1) is 8.33. The fraction of sp³-hybridized carbons (Fsp3) is 0.357. The van der Waals surface area contributed by atoms with Gasteiger partial charge >= 0.3 is 0 Å². The van der Waals surface area contributed by atoms with Crippen molar-refractivity contribution in [3.63, 3.8) is 0 Å². The van der Waals surface area contributed by atoms with Crippen molar-refractivity contribution in [2.45, 2.75) is 31.7 Å². The minimum absolute atomic E-state index is 0.631. The van der Waals surface area contributed by atoms with Crippen LogP contribution in [0.25, 0.3) is 11.1 Å². The molecular formula is C14H15IN2. The zero-order chi connectivity index (χ0) is 11.7. The van der Waals surface area contributed by atoms with Crippen LogP contribution in [0, 0.1) is 3.57 Å². The third-order valence-electron chi connectivity index (χ3n) is 3.46. The Kier molecular flexibility index (Phi) is 3.18. The van der Waals surface area contributed by atoms with Crippen LogP contribution in [0.2, 0.25) is 0 Å². The van der Waals surface area contributed by atoms with Gasteiger partial charge in [-0.2, -0.15) is 5.10 Å². The highest BCUT2D eigenvalue weighted by atomic mass is 127. The van der Waals surface area contributed by atoms with E-state index in [0.717, 1.165) is 0 Å². The lowest BCUT2D eigenvalue weighted by molar-refractivity contribution is 0.467. The Morgan fingerprint density at radius 1 is 1.18 bits per heavy atom. The smallest absolute Gasteiger partial charge is 0.0568 e. The van der Waals surface area contributed by atoms with Gasteiger partial charge in [0.05, 0.1) is 12.2 Å². The highest BCUT2D eigenvalue weighted by Crippen LogP contribution is 2.30. The van der Waals surface area contributed by atoms with Gasteiger partial charge in [-0.3, -0.25) is 4.68 Å². The van der Waals surface area contributed by atoms with E-state index in [0.29, 0.717) is 6.04 Å². The monoisotopic (exact) mass is 338 g/mol. The molecule has 1 aromatic heterocycles. The lowest BCUT2D eigenvalue weighted by atomic mass is 10.1. The second kappa shape index (κ2) is 4.80. The predicted octanol–water partition coefficient (Wildman–Crippen LogP) is 4.27. The lowest BCUT2D eigenvalue weighted by Crippen LogP contribution is -2.04. The molecule has 0 amide bonds. The van der Waals surface area contributed by atoms with Crippen LogP contribution in [0.5, 0.6) is 0 Å². The predicted molar refractivity (Wildman–Crippen MR) is 77.9 cm³/mol. The molecule has 1 saturated carbocycles. The van der Waals surface area contributed by atoms with Gasteiger partial charge in [0.1, 0.15) is 0 Å². The van der Waals surface area contributed by atoms with Gasteiger partial charge in [-0.1, -0.05) is 25.0 Å². The average Bonchev–Trinajstić information content (AvgIpc) is 3.00. The van der Waals surface area contributed by atoms with Gasteiger partial charge in [0.25, 0.3) is 0 Å².